The van der Waals surface area contributed by atoms with E-state index in [2.05, 4.69) is 14.9 Å². The van der Waals surface area contributed by atoms with Crippen LogP contribution in [0.2, 0.25) is 0 Å². The SMILES string of the molecule is CC(C)c1c(N)n[nH]c1-c1cccc(OC(F)F)c1. The molecule has 0 aliphatic carbocycles. The van der Waals surface area contributed by atoms with Crippen LogP contribution in [0.15, 0.2) is 24.3 Å². The van der Waals surface area contributed by atoms with Crippen molar-refractivity contribution in [2.75, 3.05) is 5.73 Å². The molecule has 0 radical (unpaired) electrons. The average Bonchev–Trinajstić information content (AvgIpc) is 2.70. The molecule has 0 amide bonds. The summed E-state index contributed by atoms with van der Waals surface area (Å²) in [7, 11) is 0. The Kier molecular flexibility index (Phi) is 3.69. The summed E-state index contributed by atoms with van der Waals surface area (Å²) in [5.74, 6) is 0.703. The molecule has 0 unspecified atom stereocenters. The molecule has 1 heterocycles. The van der Waals surface area contributed by atoms with E-state index in [1.54, 1.807) is 12.1 Å². The maximum Gasteiger partial charge on any atom is 0.387 e. The van der Waals surface area contributed by atoms with Crippen LogP contribution in [0.4, 0.5) is 14.6 Å². The van der Waals surface area contributed by atoms with E-state index in [4.69, 9.17) is 5.73 Å². The van der Waals surface area contributed by atoms with Gasteiger partial charge in [-0.05, 0) is 18.1 Å². The first kappa shape index (κ1) is 13.3. The first-order valence-electron chi connectivity index (χ1n) is 5.88. The zero-order valence-electron chi connectivity index (χ0n) is 10.7. The minimum Gasteiger partial charge on any atom is -0.435 e. The van der Waals surface area contributed by atoms with Gasteiger partial charge >= 0.3 is 6.61 Å². The average molecular weight is 267 g/mol. The third kappa shape index (κ3) is 2.83. The zero-order chi connectivity index (χ0) is 14.0. The highest BCUT2D eigenvalue weighted by molar-refractivity contribution is 5.70. The highest BCUT2D eigenvalue weighted by Crippen LogP contribution is 2.32. The number of ether oxygens (including phenoxy) is 1. The number of nitrogen functional groups attached to an aromatic ring is 1. The molecule has 2 rings (SSSR count). The first-order chi connectivity index (χ1) is 8.99. The maximum atomic E-state index is 12.2. The van der Waals surface area contributed by atoms with E-state index in [-0.39, 0.29) is 11.7 Å². The van der Waals surface area contributed by atoms with Crippen molar-refractivity contribution in [2.45, 2.75) is 26.4 Å². The number of nitrogens with one attached hydrogen (secondary N) is 1. The fraction of sp³-hybridized carbons (Fsp3) is 0.308. The van der Waals surface area contributed by atoms with Gasteiger partial charge in [0.2, 0.25) is 0 Å². The Morgan fingerprint density at radius 2 is 2.05 bits per heavy atom. The predicted octanol–water partition coefficient (Wildman–Crippen LogP) is 3.38. The van der Waals surface area contributed by atoms with Crippen LogP contribution in [0.1, 0.15) is 25.3 Å². The molecule has 6 heteroatoms. The lowest BCUT2D eigenvalue weighted by Gasteiger charge is -2.09. The zero-order valence-corrected chi connectivity index (χ0v) is 10.7. The molecule has 1 aromatic carbocycles. The van der Waals surface area contributed by atoms with Gasteiger partial charge in [0.25, 0.3) is 0 Å². The third-order valence-corrected chi connectivity index (χ3v) is 2.76. The molecule has 0 saturated carbocycles. The van der Waals surface area contributed by atoms with Crippen LogP contribution in [-0.4, -0.2) is 16.8 Å². The van der Waals surface area contributed by atoms with Crippen LogP contribution in [0, 0.1) is 0 Å². The van der Waals surface area contributed by atoms with E-state index in [0.717, 1.165) is 11.3 Å². The van der Waals surface area contributed by atoms with Crippen molar-refractivity contribution in [1.29, 1.82) is 0 Å². The third-order valence-electron chi connectivity index (χ3n) is 2.76. The van der Waals surface area contributed by atoms with Gasteiger partial charge in [0.1, 0.15) is 11.6 Å². The van der Waals surface area contributed by atoms with Crippen molar-refractivity contribution in [3.63, 3.8) is 0 Å². The van der Waals surface area contributed by atoms with Crippen LogP contribution in [0.25, 0.3) is 11.3 Å². The lowest BCUT2D eigenvalue weighted by atomic mass is 9.98. The lowest BCUT2D eigenvalue weighted by Crippen LogP contribution is -2.02. The minimum atomic E-state index is -2.84. The summed E-state index contributed by atoms with van der Waals surface area (Å²) in [5.41, 5.74) is 8.12. The van der Waals surface area contributed by atoms with Gasteiger partial charge in [0.05, 0.1) is 5.69 Å². The fourth-order valence-electron chi connectivity index (χ4n) is 2.00. The normalized spacial score (nSPS) is 11.3. The Morgan fingerprint density at radius 1 is 1.32 bits per heavy atom. The lowest BCUT2D eigenvalue weighted by molar-refractivity contribution is -0.0498. The molecule has 102 valence electrons. The van der Waals surface area contributed by atoms with Crippen LogP contribution in [-0.2, 0) is 0 Å². The largest absolute Gasteiger partial charge is 0.435 e. The Bertz CT molecular complexity index is 567. The van der Waals surface area contributed by atoms with Gasteiger partial charge < -0.3 is 10.5 Å². The van der Waals surface area contributed by atoms with Gasteiger partial charge in [0.15, 0.2) is 0 Å². The van der Waals surface area contributed by atoms with Gasteiger partial charge in [-0.25, -0.2) is 0 Å². The summed E-state index contributed by atoms with van der Waals surface area (Å²) in [4.78, 5) is 0. The van der Waals surface area contributed by atoms with Crippen molar-refractivity contribution in [2.24, 2.45) is 0 Å². The van der Waals surface area contributed by atoms with Crippen LogP contribution >= 0.6 is 0 Å². The number of hydrogen-bond donors (Lipinski definition) is 2. The van der Waals surface area contributed by atoms with Crippen LogP contribution in [0.3, 0.4) is 0 Å². The minimum absolute atomic E-state index is 0.107. The standard InChI is InChI=1S/C13H15F2N3O/c1-7(2)10-11(17-18-12(10)16)8-4-3-5-9(6-8)19-13(14)15/h3-7,13H,1-2H3,(H3,16,17,18). The van der Waals surface area contributed by atoms with Gasteiger partial charge in [0, 0.05) is 11.1 Å². The monoisotopic (exact) mass is 267 g/mol. The molecule has 3 N–H and O–H groups in total. The van der Waals surface area contributed by atoms with E-state index < -0.39 is 6.61 Å². The number of anilines is 1. The summed E-state index contributed by atoms with van der Waals surface area (Å²) in [6.07, 6.45) is 0. The first-order valence-corrected chi connectivity index (χ1v) is 5.88. The second-order valence-corrected chi connectivity index (χ2v) is 4.46. The Labute approximate surface area is 109 Å². The van der Waals surface area contributed by atoms with Gasteiger partial charge in [-0.3, -0.25) is 5.10 Å². The quantitative estimate of drug-likeness (QED) is 0.892. The highest BCUT2D eigenvalue weighted by Gasteiger charge is 2.16. The summed E-state index contributed by atoms with van der Waals surface area (Å²) in [5, 5.41) is 6.80. The molecule has 1 aromatic heterocycles. The molecule has 0 aliphatic heterocycles. The molecule has 2 aromatic rings. The molecule has 0 aliphatic rings. The van der Waals surface area contributed by atoms with E-state index in [1.165, 1.54) is 12.1 Å². The molecule has 0 bridgehead atoms. The number of benzene rings is 1. The number of H-pyrrole nitrogens is 1. The van der Waals surface area contributed by atoms with Crippen molar-refractivity contribution in [3.8, 4) is 17.0 Å². The smallest absolute Gasteiger partial charge is 0.387 e. The van der Waals surface area contributed by atoms with Crippen molar-refractivity contribution in [1.82, 2.24) is 10.2 Å². The van der Waals surface area contributed by atoms with Crippen molar-refractivity contribution >= 4 is 5.82 Å². The van der Waals surface area contributed by atoms with Crippen molar-refractivity contribution in [3.05, 3.63) is 29.8 Å². The van der Waals surface area contributed by atoms with Gasteiger partial charge in [-0.15, -0.1) is 0 Å². The second kappa shape index (κ2) is 5.26. The van der Waals surface area contributed by atoms with Gasteiger partial charge in [-0.1, -0.05) is 26.0 Å². The highest BCUT2D eigenvalue weighted by atomic mass is 19.3. The number of aromatic amines is 1. The summed E-state index contributed by atoms with van der Waals surface area (Å²) in [6.45, 7) is 1.14. The number of hydrogen-bond acceptors (Lipinski definition) is 3. The number of rotatable bonds is 4. The summed E-state index contributed by atoms with van der Waals surface area (Å²) < 4.78 is 28.8. The number of halogens is 2. The molecule has 0 spiro atoms. The molecule has 19 heavy (non-hydrogen) atoms. The van der Waals surface area contributed by atoms with E-state index in [1.807, 2.05) is 13.8 Å². The molecular formula is C13H15F2N3O. The molecular weight excluding hydrogens is 252 g/mol. The Morgan fingerprint density at radius 3 is 2.68 bits per heavy atom. The van der Waals surface area contributed by atoms with Crippen LogP contribution < -0.4 is 10.5 Å². The van der Waals surface area contributed by atoms with E-state index in [0.29, 0.717) is 11.4 Å². The fourth-order valence-corrected chi connectivity index (χ4v) is 2.00. The topological polar surface area (TPSA) is 63.9 Å². The molecule has 0 fully saturated rings. The number of nitrogens with two attached hydrogens (primary N) is 1. The molecule has 4 nitrogen and oxygen atoms in total. The number of alkyl halides is 2. The van der Waals surface area contributed by atoms with E-state index in [9.17, 15) is 8.78 Å². The Balaban J connectivity index is 2.42. The number of nitrogens with zero attached hydrogens (tertiary/aromatic N) is 1. The molecule has 0 atom stereocenters. The Hall–Kier alpha value is -2.11. The summed E-state index contributed by atoms with van der Waals surface area (Å²) in [6, 6.07) is 6.45. The van der Waals surface area contributed by atoms with E-state index >= 15 is 0 Å². The van der Waals surface area contributed by atoms with Gasteiger partial charge in [-0.2, -0.15) is 13.9 Å². The maximum absolute atomic E-state index is 12.2. The number of aromatic nitrogens is 2. The predicted molar refractivity (Wildman–Crippen MR) is 69.2 cm³/mol. The van der Waals surface area contributed by atoms with Crippen molar-refractivity contribution < 1.29 is 13.5 Å². The van der Waals surface area contributed by atoms with Crippen LogP contribution in [0.5, 0.6) is 5.75 Å². The second-order valence-electron chi connectivity index (χ2n) is 4.46. The molecule has 0 saturated heterocycles. The summed E-state index contributed by atoms with van der Waals surface area (Å²) >= 11 is 0.